The van der Waals surface area contributed by atoms with E-state index in [2.05, 4.69) is 0 Å². The summed E-state index contributed by atoms with van der Waals surface area (Å²) in [6.07, 6.45) is 2.14. The Morgan fingerprint density at radius 2 is 1.43 bits per heavy atom. The minimum atomic E-state index is -3.54. The van der Waals surface area contributed by atoms with Crippen LogP contribution in [0.5, 0.6) is 0 Å². The van der Waals surface area contributed by atoms with Crippen LogP contribution < -0.4 is 0 Å². The van der Waals surface area contributed by atoms with Gasteiger partial charge in [0.2, 0.25) is 0 Å². The summed E-state index contributed by atoms with van der Waals surface area (Å²) in [5, 5.41) is 0. The molecule has 124 valence electrons. The Bertz CT molecular complexity index is 959. The lowest BCUT2D eigenvalue weighted by Gasteiger charge is -2.10. The number of aryl methyl sites for hydroxylation is 2. The molecule has 0 spiro atoms. The van der Waals surface area contributed by atoms with Crippen LogP contribution in [-0.2, 0) is 19.7 Å². The lowest BCUT2D eigenvalue weighted by molar-refractivity contribution is 0.598. The van der Waals surface area contributed by atoms with Gasteiger partial charge in [-0.15, -0.1) is 0 Å². The molecule has 2 aromatic carbocycles. The van der Waals surface area contributed by atoms with E-state index in [9.17, 15) is 16.8 Å². The first-order valence-electron chi connectivity index (χ1n) is 6.78. The third-order valence-corrected chi connectivity index (χ3v) is 6.89. The molecule has 0 aliphatic carbocycles. The van der Waals surface area contributed by atoms with E-state index >= 15 is 0 Å². The van der Waals surface area contributed by atoms with Gasteiger partial charge in [0.25, 0.3) is 0 Å². The van der Waals surface area contributed by atoms with Crippen molar-refractivity contribution in [1.82, 2.24) is 0 Å². The fourth-order valence-electron chi connectivity index (χ4n) is 2.00. The van der Waals surface area contributed by atoms with Crippen molar-refractivity contribution in [3.05, 3.63) is 47.5 Å². The molecule has 0 heterocycles. The van der Waals surface area contributed by atoms with Crippen molar-refractivity contribution in [1.29, 1.82) is 0 Å². The molecule has 0 aromatic heterocycles. The van der Waals surface area contributed by atoms with Gasteiger partial charge in [-0.05, 0) is 55.3 Å². The maximum Gasteiger partial charge on any atom is 0.176 e. The Morgan fingerprint density at radius 1 is 0.783 bits per heavy atom. The van der Waals surface area contributed by atoms with Gasteiger partial charge in [-0.3, -0.25) is 0 Å². The average Bonchev–Trinajstić information content (AvgIpc) is 2.41. The lowest BCUT2D eigenvalue weighted by Crippen LogP contribution is -2.04. The molecule has 0 amide bonds. The van der Waals surface area contributed by atoms with E-state index in [1.54, 1.807) is 6.07 Å². The molecule has 0 radical (unpaired) electrons. The second kappa shape index (κ2) is 6.30. The van der Waals surface area contributed by atoms with Gasteiger partial charge < -0.3 is 0 Å². The molecule has 7 heteroatoms. The normalized spacial score (nSPS) is 12.3. The maximum absolute atomic E-state index is 12.0. The van der Waals surface area contributed by atoms with E-state index in [4.69, 9.17) is 0 Å². The van der Waals surface area contributed by atoms with Crippen LogP contribution >= 0.6 is 11.8 Å². The molecule has 0 aliphatic heterocycles. The van der Waals surface area contributed by atoms with E-state index in [1.807, 2.05) is 32.0 Å². The van der Waals surface area contributed by atoms with Gasteiger partial charge >= 0.3 is 0 Å². The third-order valence-electron chi connectivity index (χ3n) is 3.45. The largest absolute Gasteiger partial charge is 0.224 e. The second-order valence-electron chi connectivity index (χ2n) is 5.50. The summed E-state index contributed by atoms with van der Waals surface area (Å²) in [6.45, 7) is 4.00. The fraction of sp³-hybridized carbons (Fsp3) is 0.250. The molecule has 0 saturated carbocycles. The predicted octanol–water partition coefficient (Wildman–Crippen LogP) is 3.26. The van der Waals surface area contributed by atoms with Gasteiger partial charge in [0.1, 0.15) is 0 Å². The van der Waals surface area contributed by atoms with Crippen molar-refractivity contribution >= 4 is 31.4 Å². The number of sulfone groups is 2. The second-order valence-corrected chi connectivity index (χ2v) is 10.6. The van der Waals surface area contributed by atoms with Crippen molar-refractivity contribution in [3.63, 3.8) is 0 Å². The zero-order valence-corrected chi connectivity index (χ0v) is 15.8. The Labute approximate surface area is 141 Å². The topological polar surface area (TPSA) is 68.3 Å². The van der Waals surface area contributed by atoms with Gasteiger partial charge in [0.15, 0.2) is 19.7 Å². The highest BCUT2D eigenvalue weighted by atomic mass is 32.2. The van der Waals surface area contributed by atoms with Crippen LogP contribution in [-0.4, -0.2) is 29.3 Å². The van der Waals surface area contributed by atoms with Gasteiger partial charge in [0, 0.05) is 22.3 Å². The Kier molecular flexibility index (Phi) is 4.94. The zero-order valence-electron chi connectivity index (χ0n) is 13.3. The molecule has 2 aromatic rings. The highest BCUT2D eigenvalue weighted by Gasteiger charge is 2.18. The van der Waals surface area contributed by atoms with Crippen LogP contribution in [0.15, 0.2) is 56.0 Å². The molecule has 0 bridgehead atoms. The van der Waals surface area contributed by atoms with E-state index in [0.29, 0.717) is 4.90 Å². The highest BCUT2D eigenvalue weighted by molar-refractivity contribution is 8.00. The fourth-order valence-corrected chi connectivity index (χ4v) is 4.99. The molecular weight excluding hydrogens is 352 g/mol. The summed E-state index contributed by atoms with van der Waals surface area (Å²) in [6, 6.07) is 10.1. The van der Waals surface area contributed by atoms with E-state index in [1.165, 1.54) is 23.9 Å². The summed E-state index contributed by atoms with van der Waals surface area (Å²) < 4.78 is 47.4. The Balaban J connectivity index is 2.56. The summed E-state index contributed by atoms with van der Waals surface area (Å²) >= 11 is 1.31. The number of hydrogen-bond donors (Lipinski definition) is 0. The molecule has 0 saturated heterocycles. The smallest absolute Gasteiger partial charge is 0.176 e. The van der Waals surface area contributed by atoms with Crippen molar-refractivity contribution in [2.45, 2.75) is 33.4 Å². The summed E-state index contributed by atoms with van der Waals surface area (Å²) in [4.78, 5) is 1.46. The predicted molar refractivity (Wildman–Crippen MR) is 92.7 cm³/mol. The summed E-state index contributed by atoms with van der Waals surface area (Å²) in [7, 11) is -7.00. The highest BCUT2D eigenvalue weighted by Crippen LogP contribution is 2.35. The first-order valence-corrected chi connectivity index (χ1v) is 11.4. The molecule has 23 heavy (non-hydrogen) atoms. The van der Waals surface area contributed by atoms with Crippen LogP contribution in [0.3, 0.4) is 0 Å². The SMILES string of the molecule is Cc1ccc(Sc2ccc(S(C)(=O)=O)cc2S(C)(=O)=O)cc1C. The lowest BCUT2D eigenvalue weighted by atomic mass is 10.1. The zero-order chi connectivity index (χ0) is 17.4. The van der Waals surface area contributed by atoms with Crippen molar-refractivity contribution in [2.24, 2.45) is 0 Å². The molecule has 0 aliphatic rings. The Hall–Kier alpha value is -1.31. The van der Waals surface area contributed by atoms with Crippen LogP contribution in [0.1, 0.15) is 11.1 Å². The third kappa shape index (κ3) is 4.37. The van der Waals surface area contributed by atoms with Crippen molar-refractivity contribution in [2.75, 3.05) is 12.5 Å². The molecular formula is C16H18O4S3. The van der Waals surface area contributed by atoms with Gasteiger partial charge in [-0.25, -0.2) is 16.8 Å². The van der Waals surface area contributed by atoms with Gasteiger partial charge in [0.05, 0.1) is 9.79 Å². The van der Waals surface area contributed by atoms with Crippen LogP contribution in [0.2, 0.25) is 0 Å². The number of benzene rings is 2. The van der Waals surface area contributed by atoms with E-state index in [0.717, 1.165) is 28.5 Å². The Morgan fingerprint density at radius 3 is 1.96 bits per heavy atom. The standard InChI is InChI=1S/C16H18O4S3/c1-11-5-6-13(9-12(11)2)21-15-8-7-14(22(3,17)18)10-16(15)23(4,19)20/h5-10H,1-4H3. The first-order chi connectivity index (χ1) is 10.5. The quantitative estimate of drug-likeness (QED) is 0.826. The summed E-state index contributed by atoms with van der Waals surface area (Å²) in [5.74, 6) is 0. The molecule has 0 atom stereocenters. The number of hydrogen-bond acceptors (Lipinski definition) is 5. The van der Waals surface area contributed by atoms with Gasteiger partial charge in [-0.1, -0.05) is 17.8 Å². The molecule has 0 fully saturated rings. The van der Waals surface area contributed by atoms with Crippen LogP contribution in [0.4, 0.5) is 0 Å². The van der Waals surface area contributed by atoms with Crippen molar-refractivity contribution in [3.8, 4) is 0 Å². The van der Waals surface area contributed by atoms with E-state index in [-0.39, 0.29) is 9.79 Å². The minimum Gasteiger partial charge on any atom is -0.224 e. The first kappa shape index (κ1) is 18.0. The van der Waals surface area contributed by atoms with Crippen LogP contribution in [0, 0.1) is 13.8 Å². The van der Waals surface area contributed by atoms with Crippen molar-refractivity contribution < 1.29 is 16.8 Å². The molecule has 0 N–H and O–H groups in total. The molecule has 4 nitrogen and oxygen atoms in total. The van der Waals surface area contributed by atoms with E-state index < -0.39 is 19.7 Å². The molecule has 2 rings (SSSR count). The molecule has 0 unspecified atom stereocenters. The summed E-state index contributed by atoms with van der Waals surface area (Å²) in [5.41, 5.74) is 2.27. The minimum absolute atomic E-state index is 0.00219. The van der Waals surface area contributed by atoms with Crippen LogP contribution in [0.25, 0.3) is 0 Å². The average molecular weight is 371 g/mol. The maximum atomic E-state index is 12.0. The monoisotopic (exact) mass is 370 g/mol. The number of rotatable bonds is 4. The van der Waals surface area contributed by atoms with Gasteiger partial charge in [-0.2, -0.15) is 0 Å².